The fourth-order valence-electron chi connectivity index (χ4n) is 2.17. The minimum Gasteiger partial charge on any atom is -0.390 e. The summed E-state index contributed by atoms with van der Waals surface area (Å²) in [7, 11) is 0. The van der Waals surface area contributed by atoms with Gasteiger partial charge in [0.05, 0.1) is 12.2 Å². The number of aliphatic hydroxyl groups is 3. The summed E-state index contributed by atoms with van der Waals surface area (Å²) < 4.78 is 5.37. The fraction of sp³-hybridized carbons (Fsp3) is 0.538. The molecular formula is C13H18O4. The summed E-state index contributed by atoms with van der Waals surface area (Å²) >= 11 is 0. The highest BCUT2D eigenvalue weighted by Crippen LogP contribution is 2.24. The minimum absolute atomic E-state index is 0.405. The highest BCUT2D eigenvalue weighted by atomic mass is 16.6. The zero-order valence-electron chi connectivity index (χ0n) is 9.73. The van der Waals surface area contributed by atoms with Gasteiger partial charge in [0.15, 0.2) is 0 Å². The Morgan fingerprint density at radius 2 is 1.82 bits per heavy atom. The summed E-state index contributed by atoms with van der Waals surface area (Å²) in [5, 5.41) is 29.3. The summed E-state index contributed by atoms with van der Waals surface area (Å²) in [6.07, 6.45) is -3.52. The van der Waals surface area contributed by atoms with Crippen molar-refractivity contribution in [3.8, 4) is 0 Å². The van der Waals surface area contributed by atoms with E-state index in [1.807, 2.05) is 30.3 Å². The molecule has 17 heavy (non-hydrogen) atoms. The Morgan fingerprint density at radius 1 is 1.18 bits per heavy atom. The van der Waals surface area contributed by atoms with Crippen LogP contribution in [0.5, 0.6) is 0 Å². The molecule has 1 aliphatic heterocycles. The van der Waals surface area contributed by atoms with E-state index in [1.54, 1.807) is 6.92 Å². The Labute approximate surface area is 100 Å². The van der Waals surface area contributed by atoms with Crippen molar-refractivity contribution >= 4 is 0 Å². The van der Waals surface area contributed by atoms with Gasteiger partial charge in [0.1, 0.15) is 18.3 Å². The first kappa shape index (κ1) is 12.5. The van der Waals surface area contributed by atoms with E-state index in [-0.39, 0.29) is 0 Å². The van der Waals surface area contributed by atoms with Gasteiger partial charge in [0, 0.05) is 6.42 Å². The van der Waals surface area contributed by atoms with Gasteiger partial charge in [-0.3, -0.25) is 0 Å². The molecule has 94 valence electrons. The maximum Gasteiger partial charge on any atom is 0.113 e. The van der Waals surface area contributed by atoms with Crippen molar-refractivity contribution < 1.29 is 20.1 Å². The SMILES string of the molecule is CC1OC(C(O)Cc2ccccc2)C(O)C1O. The van der Waals surface area contributed by atoms with Crippen molar-refractivity contribution in [3.05, 3.63) is 35.9 Å². The Hall–Kier alpha value is -0.940. The Morgan fingerprint density at radius 3 is 2.35 bits per heavy atom. The lowest BCUT2D eigenvalue weighted by Crippen LogP contribution is -2.39. The molecule has 3 N–H and O–H groups in total. The number of ether oxygens (including phenoxy) is 1. The average Bonchev–Trinajstić information content (AvgIpc) is 2.58. The first-order valence-electron chi connectivity index (χ1n) is 5.83. The molecule has 0 spiro atoms. The maximum atomic E-state index is 10.0. The molecule has 5 unspecified atom stereocenters. The third-order valence-electron chi connectivity index (χ3n) is 3.21. The monoisotopic (exact) mass is 238 g/mol. The van der Waals surface area contributed by atoms with E-state index in [9.17, 15) is 15.3 Å². The van der Waals surface area contributed by atoms with E-state index >= 15 is 0 Å². The molecule has 4 heteroatoms. The molecule has 1 heterocycles. The van der Waals surface area contributed by atoms with Crippen LogP contribution >= 0.6 is 0 Å². The minimum atomic E-state index is -1.02. The van der Waals surface area contributed by atoms with E-state index in [1.165, 1.54) is 0 Å². The van der Waals surface area contributed by atoms with E-state index in [0.29, 0.717) is 6.42 Å². The van der Waals surface area contributed by atoms with Gasteiger partial charge in [-0.25, -0.2) is 0 Å². The molecule has 4 nitrogen and oxygen atoms in total. The highest BCUT2D eigenvalue weighted by Gasteiger charge is 2.43. The number of rotatable bonds is 3. The molecule has 1 aliphatic rings. The number of benzene rings is 1. The lowest BCUT2D eigenvalue weighted by atomic mass is 9.99. The Balaban J connectivity index is 1.99. The third-order valence-corrected chi connectivity index (χ3v) is 3.21. The molecule has 0 radical (unpaired) electrons. The summed E-state index contributed by atoms with van der Waals surface area (Å²) in [6, 6.07) is 9.51. The Bertz CT molecular complexity index is 354. The van der Waals surface area contributed by atoms with Gasteiger partial charge in [0.2, 0.25) is 0 Å². The number of hydrogen-bond acceptors (Lipinski definition) is 4. The second-order valence-electron chi connectivity index (χ2n) is 4.54. The lowest BCUT2D eigenvalue weighted by Gasteiger charge is -2.21. The molecule has 1 aromatic carbocycles. The van der Waals surface area contributed by atoms with Crippen molar-refractivity contribution in [2.45, 2.75) is 43.9 Å². The second kappa shape index (κ2) is 5.14. The van der Waals surface area contributed by atoms with Crippen LogP contribution < -0.4 is 0 Å². The van der Waals surface area contributed by atoms with Crippen LogP contribution in [0.1, 0.15) is 12.5 Å². The van der Waals surface area contributed by atoms with Crippen LogP contribution in [-0.2, 0) is 11.2 Å². The Kier molecular flexibility index (Phi) is 3.79. The molecule has 1 aromatic rings. The lowest BCUT2D eigenvalue weighted by molar-refractivity contribution is -0.0613. The van der Waals surface area contributed by atoms with Crippen LogP contribution in [0.4, 0.5) is 0 Å². The molecule has 0 aromatic heterocycles. The summed E-state index contributed by atoms with van der Waals surface area (Å²) in [4.78, 5) is 0. The number of aliphatic hydroxyl groups excluding tert-OH is 3. The van der Waals surface area contributed by atoms with Crippen molar-refractivity contribution in [1.29, 1.82) is 0 Å². The van der Waals surface area contributed by atoms with Crippen LogP contribution in [0.15, 0.2) is 30.3 Å². The van der Waals surface area contributed by atoms with Gasteiger partial charge in [-0.05, 0) is 12.5 Å². The van der Waals surface area contributed by atoms with Crippen LogP contribution in [0.25, 0.3) is 0 Å². The molecule has 0 amide bonds. The molecule has 0 bridgehead atoms. The molecule has 0 saturated carbocycles. The maximum absolute atomic E-state index is 10.0. The summed E-state index contributed by atoms with van der Waals surface area (Å²) in [5.41, 5.74) is 0.977. The van der Waals surface area contributed by atoms with E-state index in [0.717, 1.165) is 5.56 Å². The van der Waals surface area contributed by atoms with Crippen molar-refractivity contribution in [2.24, 2.45) is 0 Å². The highest BCUT2D eigenvalue weighted by molar-refractivity contribution is 5.16. The third kappa shape index (κ3) is 2.66. The normalized spacial score (nSPS) is 34.8. The van der Waals surface area contributed by atoms with Gasteiger partial charge in [-0.15, -0.1) is 0 Å². The predicted octanol–water partition coefficient (Wildman–Crippen LogP) is 0.0991. The van der Waals surface area contributed by atoms with Gasteiger partial charge >= 0.3 is 0 Å². The fourth-order valence-corrected chi connectivity index (χ4v) is 2.17. The van der Waals surface area contributed by atoms with Crippen LogP contribution in [0.2, 0.25) is 0 Å². The topological polar surface area (TPSA) is 69.9 Å². The van der Waals surface area contributed by atoms with Crippen molar-refractivity contribution in [3.63, 3.8) is 0 Å². The smallest absolute Gasteiger partial charge is 0.113 e. The average molecular weight is 238 g/mol. The van der Waals surface area contributed by atoms with Gasteiger partial charge in [-0.2, -0.15) is 0 Å². The molecular weight excluding hydrogens is 220 g/mol. The van der Waals surface area contributed by atoms with E-state index in [4.69, 9.17) is 4.74 Å². The van der Waals surface area contributed by atoms with Crippen LogP contribution in [0, 0.1) is 0 Å². The van der Waals surface area contributed by atoms with Gasteiger partial charge in [-0.1, -0.05) is 30.3 Å². The first-order chi connectivity index (χ1) is 8.09. The van der Waals surface area contributed by atoms with E-state index < -0.39 is 30.5 Å². The molecule has 1 fully saturated rings. The van der Waals surface area contributed by atoms with Crippen LogP contribution in [-0.4, -0.2) is 45.8 Å². The van der Waals surface area contributed by atoms with Crippen LogP contribution in [0.3, 0.4) is 0 Å². The van der Waals surface area contributed by atoms with Crippen molar-refractivity contribution in [2.75, 3.05) is 0 Å². The standard InChI is InChI=1S/C13H18O4/c1-8-11(15)12(16)13(17-8)10(14)7-9-5-3-2-4-6-9/h2-6,8,10-16H,7H2,1H3. The molecule has 0 aliphatic carbocycles. The summed E-state index contributed by atoms with van der Waals surface area (Å²) in [5.74, 6) is 0. The predicted molar refractivity (Wildman–Crippen MR) is 62.5 cm³/mol. The van der Waals surface area contributed by atoms with E-state index in [2.05, 4.69) is 0 Å². The zero-order valence-corrected chi connectivity index (χ0v) is 9.73. The van der Waals surface area contributed by atoms with Gasteiger partial charge < -0.3 is 20.1 Å². The van der Waals surface area contributed by atoms with Crippen molar-refractivity contribution in [1.82, 2.24) is 0 Å². The second-order valence-corrected chi connectivity index (χ2v) is 4.54. The largest absolute Gasteiger partial charge is 0.390 e. The quantitative estimate of drug-likeness (QED) is 0.698. The number of hydrogen-bond donors (Lipinski definition) is 3. The first-order valence-corrected chi connectivity index (χ1v) is 5.83. The zero-order chi connectivity index (χ0) is 12.4. The molecule has 2 rings (SSSR count). The summed E-state index contributed by atoms with van der Waals surface area (Å²) in [6.45, 7) is 1.68. The van der Waals surface area contributed by atoms with Gasteiger partial charge in [0.25, 0.3) is 0 Å². The molecule has 1 saturated heterocycles. The molecule has 5 atom stereocenters.